The van der Waals surface area contributed by atoms with Gasteiger partial charge in [-0.3, -0.25) is 9.52 Å². The number of halogens is 3. The fourth-order valence-electron chi connectivity index (χ4n) is 5.75. The first-order valence-corrected chi connectivity index (χ1v) is 17.9. The molecule has 4 aromatic rings. The lowest BCUT2D eigenvalue weighted by Crippen LogP contribution is -2.56. The van der Waals surface area contributed by atoms with E-state index >= 15 is 0 Å². The standard InChI is InChI=1S/C34H38F3N7O6S/c1-32(2,34(35,36)37)20-50-27-15-17-44(41-27)30-29-24-12-7-6-11-23(24)10-5-3-4-8-16-43(19-33(31(45)46)21-49-22-33)26-13-9-14-28(40-26)51(47,48)42-25(39-29)18-38-30/h6-7,9,11-15,17-18H,3-5,8,10,16,19-22H2,1-2H3,(H,39,42)(H,45,46). The average Bonchev–Trinajstić information content (AvgIpc) is 3.54. The van der Waals surface area contributed by atoms with E-state index in [1.165, 1.54) is 29.2 Å². The minimum absolute atomic E-state index is 0.0530. The Bertz CT molecular complexity index is 2000. The third kappa shape index (κ3) is 7.78. The lowest BCUT2D eigenvalue weighted by molar-refractivity contribution is -0.219. The normalized spacial score (nSPS) is 17.7. The third-order valence-corrected chi connectivity index (χ3v) is 10.3. The average molecular weight is 730 g/mol. The second-order valence-electron chi connectivity index (χ2n) is 13.5. The molecule has 2 aliphatic rings. The number of carboxylic acids is 1. The van der Waals surface area contributed by atoms with Crippen LogP contribution in [0.15, 0.2) is 66.0 Å². The van der Waals surface area contributed by atoms with Gasteiger partial charge < -0.3 is 19.5 Å². The smallest absolute Gasteiger partial charge is 0.397 e. The maximum absolute atomic E-state index is 13.7. The van der Waals surface area contributed by atoms with Crippen molar-refractivity contribution in [3.05, 3.63) is 66.5 Å². The number of carboxylic acid groups (broad SMARTS) is 1. The number of anilines is 2. The number of pyridine rings is 1. The predicted molar refractivity (Wildman–Crippen MR) is 180 cm³/mol. The number of rotatable bonds is 7. The molecule has 0 spiro atoms. The lowest BCUT2D eigenvalue weighted by Gasteiger charge is -2.41. The van der Waals surface area contributed by atoms with Crippen LogP contribution in [-0.4, -0.2) is 83.3 Å². The number of alkyl halides is 3. The van der Waals surface area contributed by atoms with Crippen molar-refractivity contribution in [2.45, 2.75) is 57.2 Å². The van der Waals surface area contributed by atoms with Crippen LogP contribution in [0.1, 0.15) is 45.1 Å². The highest BCUT2D eigenvalue weighted by molar-refractivity contribution is 7.92. The minimum Gasteiger partial charge on any atom is -0.481 e. The van der Waals surface area contributed by atoms with E-state index in [0.717, 1.165) is 45.1 Å². The molecule has 0 amide bonds. The van der Waals surface area contributed by atoms with Crippen LogP contribution in [0.3, 0.4) is 0 Å². The molecule has 0 unspecified atom stereocenters. The summed E-state index contributed by atoms with van der Waals surface area (Å²) in [4.78, 5) is 27.6. The topological polar surface area (TPSA) is 162 Å². The van der Waals surface area contributed by atoms with E-state index in [0.29, 0.717) is 24.3 Å². The van der Waals surface area contributed by atoms with Gasteiger partial charge in [-0.25, -0.2) is 19.6 Å². The van der Waals surface area contributed by atoms with Gasteiger partial charge >= 0.3 is 12.1 Å². The van der Waals surface area contributed by atoms with Crippen LogP contribution >= 0.6 is 0 Å². The summed E-state index contributed by atoms with van der Waals surface area (Å²) in [5.41, 5.74) is -1.34. The molecule has 5 heterocycles. The molecule has 3 aromatic heterocycles. The summed E-state index contributed by atoms with van der Waals surface area (Å²) in [6, 6.07) is 13.5. The summed E-state index contributed by atoms with van der Waals surface area (Å²) < 4.78 is 82.2. The zero-order valence-electron chi connectivity index (χ0n) is 28.1. The van der Waals surface area contributed by atoms with Crippen molar-refractivity contribution in [2.75, 3.05) is 42.5 Å². The zero-order valence-corrected chi connectivity index (χ0v) is 28.9. The first kappa shape index (κ1) is 36.0. The molecule has 2 N–H and O–H groups in total. The second-order valence-corrected chi connectivity index (χ2v) is 15.1. The van der Waals surface area contributed by atoms with Crippen molar-refractivity contribution >= 4 is 27.6 Å². The molecular formula is C34H38F3N7O6S. The maximum Gasteiger partial charge on any atom is 0.397 e. The highest BCUT2D eigenvalue weighted by atomic mass is 32.2. The number of nitrogens with one attached hydrogen (secondary N) is 1. The first-order chi connectivity index (χ1) is 24.2. The molecule has 4 bridgehead atoms. The number of aryl methyl sites for hydroxylation is 1. The highest BCUT2D eigenvalue weighted by Crippen LogP contribution is 2.38. The van der Waals surface area contributed by atoms with Gasteiger partial charge in [-0.05, 0) is 50.8 Å². The molecule has 6 rings (SSSR count). The first-order valence-electron chi connectivity index (χ1n) is 16.4. The van der Waals surface area contributed by atoms with E-state index in [9.17, 15) is 31.5 Å². The molecule has 1 saturated heterocycles. The van der Waals surface area contributed by atoms with Crippen molar-refractivity contribution in [3.63, 3.8) is 0 Å². The summed E-state index contributed by atoms with van der Waals surface area (Å²) in [6.45, 7) is 2.10. The monoisotopic (exact) mass is 729 g/mol. The molecule has 1 fully saturated rings. The van der Waals surface area contributed by atoms with E-state index in [-0.39, 0.29) is 48.0 Å². The Labute approximate surface area is 292 Å². The number of aliphatic carboxylic acids is 1. The number of sulfonamides is 1. The Morgan fingerprint density at radius 3 is 2.53 bits per heavy atom. The van der Waals surface area contributed by atoms with Gasteiger partial charge in [0.1, 0.15) is 23.5 Å². The molecule has 17 heteroatoms. The number of ether oxygens (including phenoxy) is 2. The molecule has 51 heavy (non-hydrogen) atoms. The number of nitrogens with zero attached hydrogens (tertiary/aromatic N) is 6. The van der Waals surface area contributed by atoms with Gasteiger partial charge in [0.15, 0.2) is 16.7 Å². The van der Waals surface area contributed by atoms with Crippen LogP contribution in [0.4, 0.5) is 24.8 Å². The molecule has 0 saturated carbocycles. The fourth-order valence-corrected chi connectivity index (χ4v) is 6.70. The van der Waals surface area contributed by atoms with Crippen LogP contribution in [0.2, 0.25) is 0 Å². The van der Waals surface area contributed by atoms with Crippen LogP contribution in [0.25, 0.3) is 17.1 Å². The molecule has 272 valence electrons. The van der Waals surface area contributed by atoms with E-state index < -0.39 is 39.6 Å². The summed E-state index contributed by atoms with van der Waals surface area (Å²) in [5.74, 6) is -0.619. The largest absolute Gasteiger partial charge is 0.481 e. The Balaban J connectivity index is 1.36. The van der Waals surface area contributed by atoms with Gasteiger partial charge in [-0.15, -0.1) is 5.10 Å². The molecule has 2 aliphatic heterocycles. The number of fused-ring (bicyclic) bond motifs is 6. The zero-order chi connectivity index (χ0) is 36.4. The van der Waals surface area contributed by atoms with Gasteiger partial charge in [-0.2, -0.15) is 21.6 Å². The molecule has 1 aromatic carbocycles. The van der Waals surface area contributed by atoms with Gasteiger partial charge in [-0.1, -0.05) is 43.2 Å². The molecule has 0 atom stereocenters. The predicted octanol–water partition coefficient (Wildman–Crippen LogP) is 5.52. The van der Waals surface area contributed by atoms with Crippen LogP contribution in [-0.2, 0) is 26.0 Å². The number of hydrogen-bond donors (Lipinski definition) is 2. The van der Waals surface area contributed by atoms with Crippen LogP contribution in [0, 0.1) is 10.8 Å². The summed E-state index contributed by atoms with van der Waals surface area (Å²) in [7, 11) is -4.32. The molecular weight excluding hydrogens is 691 g/mol. The van der Waals surface area contributed by atoms with Crippen molar-refractivity contribution in [1.29, 1.82) is 0 Å². The maximum atomic E-state index is 13.7. The van der Waals surface area contributed by atoms with Crippen molar-refractivity contribution < 1.29 is 41.0 Å². The van der Waals surface area contributed by atoms with Gasteiger partial charge in [0.05, 0.1) is 24.8 Å². The van der Waals surface area contributed by atoms with E-state index in [2.05, 4.69) is 24.8 Å². The van der Waals surface area contributed by atoms with Gasteiger partial charge in [0.2, 0.25) is 5.88 Å². The van der Waals surface area contributed by atoms with Crippen LogP contribution < -0.4 is 14.4 Å². The SMILES string of the molecule is CC(C)(COc1ccn(-c2ncc3nc2-c2ccccc2CCCCCCN(CC2(C(=O)O)COC2)c2cccc(n2)S(=O)(=O)N3)n1)C(F)(F)F. The number of carbonyl (C=O) groups is 1. The third-order valence-electron chi connectivity index (χ3n) is 9.03. The Morgan fingerprint density at radius 2 is 1.80 bits per heavy atom. The Morgan fingerprint density at radius 1 is 1.04 bits per heavy atom. The van der Waals surface area contributed by atoms with Crippen LogP contribution in [0.5, 0.6) is 5.88 Å². The van der Waals surface area contributed by atoms with Gasteiger partial charge in [0, 0.05) is 30.9 Å². The van der Waals surface area contributed by atoms with E-state index in [4.69, 9.17) is 9.47 Å². The molecule has 13 nitrogen and oxygen atoms in total. The van der Waals surface area contributed by atoms with E-state index in [1.807, 2.05) is 29.2 Å². The summed E-state index contributed by atoms with van der Waals surface area (Å²) >= 11 is 0. The summed E-state index contributed by atoms with van der Waals surface area (Å²) in [6.07, 6.45) is 2.11. The summed E-state index contributed by atoms with van der Waals surface area (Å²) in [5, 5.41) is 14.0. The van der Waals surface area contributed by atoms with Crippen molar-refractivity contribution in [1.82, 2.24) is 24.7 Å². The number of hydrogen-bond acceptors (Lipinski definition) is 10. The highest BCUT2D eigenvalue weighted by Gasteiger charge is 2.49. The second kappa shape index (κ2) is 14.1. The Kier molecular flexibility index (Phi) is 9.96. The lowest BCUT2D eigenvalue weighted by atomic mass is 9.85. The minimum atomic E-state index is -4.48. The quantitative estimate of drug-likeness (QED) is 0.247. The molecule has 0 aliphatic carbocycles. The van der Waals surface area contributed by atoms with Crippen molar-refractivity contribution in [3.8, 4) is 23.0 Å². The Hall–Kier alpha value is -4.77. The number of aromatic nitrogens is 5. The van der Waals surface area contributed by atoms with E-state index in [1.54, 1.807) is 12.1 Å². The fraction of sp³-hybridized carbons (Fsp3) is 0.441. The van der Waals surface area contributed by atoms with Crippen molar-refractivity contribution in [2.24, 2.45) is 10.8 Å². The van der Waals surface area contributed by atoms with Gasteiger partial charge in [0.25, 0.3) is 10.0 Å². The molecule has 0 radical (unpaired) electrons. The number of benzene rings is 1.